The number of carbonyl (C=O) groups excluding carboxylic acids is 2. The highest BCUT2D eigenvalue weighted by molar-refractivity contribution is 6.31. The Labute approximate surface area is 175 Å². The Hall–Kier alpha value is -2.47. The molecule has 7 heteroatoms. The highest BCUT2D eigenvalue weighted by Gasteiger charge is 2.33. The number of ketones is 1. The number of hydrogen-bond acceptors (Lipinski definition) is 4. The number of aromatic nitrogens is 1. The van der Waals surface area contributed by atoms with Gasteiger partial charge in [0, 0.05) is 19.5 Å². The van der Waals surface area contributed by atoms with Gasteiger partial charge >= 0.3 is 6.09 Å². The Kier molecular flexibility index (Phi) is 6.38. The third kappa shape index (κ3) is 5.32. The van der Waals surface area contributed by atoms with E-state index < -0.39 is 23.1 Å². The lowest BCUT2D eigenvalue weighted by Gasteiger charge is -2.37. The number of ether oxygens (including phenoxy) is 1. The fraction of sp³-hybridized carbons (Fsp3) is 0.409. The third-order valence-corrected chi connectivity index (χ3v) is 4.90. The van der Waals surface area contributed by atoms with E-state index in [1.807, 2.05) is 13.8 Å². The quantitative estimate of drug-likeness (QED) is 0.582. The number of amides is 1. The number of nitrogens with zero attached hydrogens (tertiary/aromatic N) is 2. The summed E-state index contributed by atoms with van der Waals surface area (Å²) in [4.78, 5) is 30.5. The largest absolute Gasteiger partial charge is 0.444 e. The molecule has 0 saturated carbocycles. The fourth-order valence-corrected chi connectivity index (χ4v) is 2.80. The molecule has 0 bridgehead atoms. The minimum Gasteiger partial charge on any atom is -0.444 e. The fourth-order valence-electron chi connectivity index (χ4n) is 2.62. The van der Waals surface area contributed by atoms with Crippen LogP contribution in [0.3, 0.4) is 0 Å². The first-order valence-electron chi connectivity index (χ1n) is 9.18. The molecule has 0 atom stereocenters. The van der Waals surface area contributed by atoms with Crippen molar-refractivity contribution in [2.24, 2.45) is 0 Å². The van der Waals surface area contributed by atoms with Crippen molar-refractivity contribution in [2.75, 3.05) is 7.05 Å². The highest BCUT2D eigenvalue weighted by Crippen LogP contribution is 2.32. The molecule has 0 aliphatic carbocycles. The van der Waals surface area contributed by atoms with Crippen LogP contribution in [0.25, 0.3) is 11.3 Å². The van der Waals surface area contributed by atoms with Crippen molar-refractivity contribution in [3.63, 3.8) is 0 Å². The van der Waals surface area contributed by atoms with E-state index in [2.05, 4.69) is 4.98 Å². The van der Waals surface area contributed by atoms with Crippen LogP contribution in [-0.2, 0) is 10.3 Å². The Morgan fingerprint density at radius 2 is 1.72 bits per heavy atom. The van der Waals surface area contributed by atoms with Crippen molar-refractivity contribution in [1.82, 2.24) is 9.88 Å². The summed E-state index contributed by atoms with van der Waals surface area (Å²) in [6.45, 7) is 10.5. The molecule has 2 rings (SSSR count). The lowest BCUT2D eigenvalue weighted by atomic mass is 9.91. The molecule has 0 N–H and O–H groups in total. The predicted octanol–water partition coefficient (Wildman–Crippen LogP) is 5.85. The van der Waals surface area contributed by atoms with Crippen LogP contribution in [0.5, 0.6) is 0 Å². The summed E-state index contributed by atoms with van der Waals surface area (Å²) in [5.74, 6) is -0.764. The van der Waals surface area contributed by atoms with E-state index in [1.165, 1.54) is 24.0 Å². The SMILES string of the molecule is CC(=O)c1cc(C(C)(C)N(C)C(=O)OC(C)(C)C)cc(-c2ccc(F)c(Cl)c2)n1. The van der Waals surface area contributed by atoms with Gasteiger partial charge < -0.3 is 9.64 Å². The molecule has 0 radical (unpaired) electrons. The van der Waals surface area contributed by atoms with Gasteiger partial charge in [-0.3, -0.25) is 4.79 Å². The predicted molar refractivity (Wildman–Crippen MR) is 112 cm³/mol. The zero-order valence-corrected chi connectivity index (χ0v) is 18.5. The van der Waals surface area contributed by atoms with E-state index in [-0.39, 0.29) is 16.5 Å². The monoisotopic (exact) mass is 420 g/mol. The average molecular weight is 421 g/mol. The normalized spacial score (nSPS) is 11.9. The second kappa shape index (κ2) is 8.11. The van der Waals surface area contributed by atoms with Crippen molar-refractivity contribution in [1.29, 1.82) is 0 Å². The van der Waals surface area contributed by atoms with Gasteiger partial charge in [0.15, 0.2) is 5.78 Å². The van der Waals surface area contributed by atoms with E-state index in [0.29, 0.717) is 16.8 Å². The maximum atomic E-state index is 13.6. The van der Waals surface area contributed by atoms with Gasteiger partial charge in [0.1, 0.15) is 17.1 Å². The molecular formula is C22H26ClFN2O3. The smallest absolute Gasteiger partial charge is 0.410 e. The van der Waals surface area contributed by atoms with Crippen molar-refractivity contribution in [3.8, 4) is 11.3 Å². The molecule has 0 spiro atoms. The Morgan fingerprint density at radius 3 is 2.24 bits per heavy atom. The van der Waals surface area contributed by atoms with E-state index in [1.54, 1.807) is 46.0 Å². The van der Waals surface area contributed by atoms with Gasteiger partial charge in [0.25, 0.3) is 0 Å². The maximum Gasteiger partial charge on any atom is 0.410 e. The van der Waals surface area contributed by atoms with Crippen molar-refractivity contribution in [3.05, 3.63) is 52.4 Å². The van der Waals surface area contributed by atoms with Gasteiger partial charge in [-0.05, 0) is 70.5 Å². The molecule has 0 fully saturated rings. The van der Waals surface area contributed by atoms with Gasteiger partial charge in [0.05, 0.1) is 16.3 Å². The number of hydrogen-bond donors (Lipinski definition) is 0. The summed E-state index contributed by atoms with van der Waals surface area (Å²) in [6, 6.07) is 7.66. The molecule has 1 heterocycles. The van der Waals surface area contributed by atoms with Crippen LogP contribution < -0.4 is 0 Å². The molecule has 1 aromatic heterocycles. The summed E-state index contributed by atoms with van der Waals surface area (Å²) in [5, 5.41) is -0.0378. The van der Waals surface area contributed by atoms with Crippen LogP contribution in [0, 0.1) is 5.82 Å². The lowest BCUT2D eigenvalue weighted by molar-refractivity contribution is 0.0104. The van der Waals surface area contributed by atoms with Crippen LogP contribution in [0.15, 0.2) is 30.3 Å². The maximum absolute atomic E-state index is 13.6. The van der Waals surface area contributed by atoms with E-state index >= 15 is 0 Å². The molecule has 5 nitrogen and oxygen atoms in total. The van der Waals surface area contributed by atoms with E-state index in [4.69, 9.17) is 16.3 Å². The summed E-state index contributed by atoms with van der Waals surface area (Å²) in [5.41, 5.74) is 0.496. The first-order valence-corrected chi connectivity index (χ1v) is 9.56. The van der Waals surface area contributed by atoms with Crippen LogP contribution in [0.1, 0.15) is 57.6 Å². The molecule has 2 aromatic rings. The zero-order chi connectivity index (χ0) is 22.1. The van der Waals surface area contributed by atoms with Gasteiger partial charge in [-0.2, -0.15) is 0 Å². The molecule has 156 valence electrons. The van der Waals surface area contributed by atoms with Crippen LogP contribution >= 0.6 is 11.6 Å². The molecule has 0 aliphatic heterocycles. The first kappa shape index (κ1) is 22.8. The van der Waals surface area contributed by atoms with Gasteiger partial charge in [0.2, 0.25) is 0 Å². The number of halogens is 2. The second-order valence-electron chi connectivity index (χ2n) is 8.41. The molecule has 0 aliphatic rings. The van der Waals surface area contributed by atoms with Crippen LogP contribution in [0.2, 0.25) is 5.02 Å². The number of pyridine rings is 1. The molecular weight excluding hydrogens is 395 g/mol. The Bertz CT molecular complexity index is 952. The van der Waals surface area contributed by atoms with Gasteiger partial charge in [-0.1, -0.05) is 11.6 Å². The van der Waals surface area contributed by atoms with Crippen LogP contribution in [-0.4, -0.2) is 34.4 Å². The lowest BCUT2D eigenvalue weighted by Crippen LogP contribution is -2.45. The number of rotatable bonds is 4. The number of carbonyl (C=O) groups is 2. The van der Waals surface area contributed by atoms with Gasteiger partial charge in [-0.15, -0.1) is 0 Å². The molecule has 1 amide bonds. The molecule has 0 unspecified atom stereocenters. The van der Waals surface area contributed by atoms with Crippen LogP contribution in [0.4, 0.5) is 9.18 Å². The number of Topliss-reactive ketones (excluding diaryl/α,β-unsaturated/α-hetero) is 1. The highest BCUT2D eigenvalue weighted by atomic mass is 35.5. The first-order chi connectivity index (χ1) is 13.2. The summed E-state index contributed by atoms with van der Waals surface area (Å²) in [7, 11) is 1.64. The summed E-state index contributed by atoms with van der Waals surface area (Å²) < 4.78 is 19.0. The minimum absolute atomic E-state index is 0.0378. The zero-order valence-electron chi connectivity index (χ0n) is 17.8. The standard InChI is InChI=1S/C22H26ClFN2O3/c1-13(27)18-11-15(22(5,6)26(7)20(28)29-21(2,3)4)12-19(25-18)14-8-9-17(24)16(23)10-14/h8-12H,1-7H3. The van der Waals surface area contributed by atoms with Crippen molar-refractivity contribution >= 4 is 23.5 Å². The summed E-state index contributed by atoms with van der Waals surface area (Å²) >= 11 is 5.91. The second-order valence-corrected chi connectivity index (χ2v) is 8.82. The topological polar surface area (TPSA) is 59.5 Å². The molecule has 1 aromatic carbocycles. The summed E-state index contributed by atoms with van der Waals surface area (Å²) in [6.07, 6.45) is -0.491. The molecule has 0 saturated heterocycles. The van der Waals surface area contributed by atoms with E-state index in [9.17, 15) is 14.0 Å². The Balaban J connectivity index is 2.56. The number of benzene rings is 1. The van der Waals surface area contributed by atoms with Crippen molar-refractivity contribution in [2.45, 2.75) is 52.7 Å². The Morgan fingerprint density at radius 1 is 1.10 bits per heavy atom. The van der Waals surface area contributed by atoms with Gasteiger partial charge in [-0.25, -0.2) is 14.2 Å². The minimum atomic E-state index is -0.811. The van der Waals surface area contributed by atoms with E-state index in [0.717, 1.165) is 0 Å². The average Bonchev–Trinajstić information content (AvgIpc) is 2.61. The van der Waals surface area contributed by atoms with Crippen molar-refractivity contribution < 1.29 is 18.7 Å². The molecule has 29 heavy (non-hydrogen) atoms. The third-order valence-electron chi connectivity index (χ3n) is 4.61.